The quantitative estimate of drug-likeness (QED) is 0.706. The zero-order chi connectivity index (χ0) is 15.2. The Kier molecular flexibility index (Phi) is 4.88. The molecule has 3 aromatic rings. The highest BCUT2D eigenvalue weighted by atomic mass is 32.1. The van der Waals surface area contributed by atoms with Gasteiger partial charge in [0.15, 0.2) is 0 Å². The molecule has 3 rings (SSSR count). The van der Waals surface area contributed by atoms with E-state index in [2.05, 4.69) is 15.3 Å². The molecule has 0 aliphatic heterocycles. The number of nitrogens with one attached hydrogen (secondary N) is 1. The van der Waals surface area contributed by atoms with Crippen LogP contribution in [-0.2, 0) is 13.0 Å². The zero-order valence-electron chi connectivity index (χ0n) is 12.0. The third-order valence-electron chi connectivity index (χ3n) is 3.26. The van der Waals surface area contributed by atoms with Gasteiger partial charge in [-0.1, -0.05) is 18.2 Å². The second-order valence-corrected chi connectivity index (χ2v) is 6.03. The standard InChI is InChI=1S/C17H16FN3S/c18-15-5-1-3-13(9-15)6-8-20-12-17-21-11-16(22-17)14-4-2-7-19-10-14/h1-5,7,9-11,20H,6,8,12H2. The lowest BCUT2D eigenvalue weighted by atomic mass is 10.1. The molecule has 0 aliphatic carbocycles. The Balaban J connectivity index is 1.49. The predicted octanol–water partition coefficient (Wildman–Crippen LogP) is 3.68. The number of hydrogen-bond acceptors (Lipinski definition) is 4. The summed E-state index contributed by atoms with van der Waals surface area (Å²) < 4.78 is 13.1. The summed E-state index contributed by atoms with van der Waals surface area (Å²) in [5.74, 6) is -0.182. The first-order valence-corrected chi connectivity index (χ1v) is 7.93. The third-order valence-corrected chi connectivity index (χ3v) is 4.30. The molecule has 0 bridgehead atoms. The number of thiazole rings is 1. The van der Waals surface area contributed by atoms with Crippen molar-refractivity contribution in [2.24, 2.45) is 0 Å². The van der Waals surface area contributed by atoms with Crippen LogP contribution >= 0.6 is 11.3 Å². The van der Waals surface area contributed by atoms with E-state index in [9.17, 15) is 4.39 Å². The minimum atomic E-state index is -0.182. The van der Waals surface area contributed by atoms with E-state index in [1.165, 1.54) is 6.07 Å². The molecule has 0 fully saturated rings. The number of hydrogen-bond donors (Lipinski definition) is 1. The summed E-state index contributed by atoms with van der Waals surface area (Å²) >= 11 is 1.66. The Hall–Kier alpha value is -2.11. The lowest BCUT2D eigenvalue weighted by molar-refractivity contribution is 0.622. The van der Waals surface area contributed by atoms with E-state index in [1.54, 1.807) is 29.7 Å². The van der Waals surface area contributed by atoms with Gasteiger partial charge in [0.05, 0.1) is 4.88 Å². The predicted molar refractivity (Wildman–Crippen MR) is 87.2 cm³/mol. The Bertz CT molecular complexity index is 728. The minimum absolute atomic E-state index is 0.182. The van der Waals surface area contributed by atoms with Crippen molar-refractivity contribution in [2.75, 3.05) is 6.54 Å². The summed E-state index contributed by atoms with van der Waals surface area (Å²) in [4.78, 5) is 9.66. The fraction of sp³-hybridized carbons (Fsp3) is 0.176. The van der Waals surface area contributed by atoms with Crippen LogP contribution in [0, 0.1) is 5.82 Å². The van der Waals surface area contributed by atoms with Gasteiger partial charge in [-0.05, 0) is 36.7 Å². The summed E-state index contributed by atoms with van der Waals surface area (Å²) in [6, 6.07) is 10.7. The molecule has 3 nitrogen and oxygen atoms in total. The van der Waals surface area contributed by atoms with Crippen molar-refractivity contribution in [1.29, 1.82) is 0 Å². The first kappa shape index (κ1) is 14.8. The fourth-order valence-corrected chi connectivity index (χ4v) is 3.03. The molecule has 0 radical (unpaired) electrons. The van der Waals surface area contributed by atoms with Crippen molar-refractivity contribution < 1.29 is 4.39 Å². The van der Waals surface area contributed by atoms with Crippen LogP contribution in [-0.4, -0.2) is 16.5 Å². The smallest absolute Gasteiger partial charge is 0.123 e. The van der Waals surface area contributed by atoms with Crippen LogP contribution in [0.3, 0.4) is 0 Å². The number of halogens is 1. The van der Waals surface area contributed by atoms with Gasteiger partial charge in [0, 0.05) is 30.7 Å². The number of aromatic nitrogens is 2. The molecule has 2 aromatic heterocycles. The maximum atomic E-state index is 13.1. The first-order valence-electron chi connectivity index (χ1n) is 7.11. The molecule has 112 valence electrons. The summed E-state index contributed by atoms with van der Waals surface area (Å²) in [5, 5.41) is 4.38. The number of nitrogens with zero attached hydrogens (tertiary/aromatic N) is 2. The maximum Gasteiger partial charge on any atom is 0.123 e. The Morgan fingerprint density at radius 3 is 2.91 bits per heavy atom. The number of benzene rings is 1. The molecule has 0 saturated carbocycles. The summed E-state index contributed by atoms with van der Waals surface area (Å²) in [5.41, 5.74) is 2.09. The largest absolute Gasteiger partial charge is 0.310 e. The molecule has 0 atom stereocenters. The third kappa shape index (κ3) is 3.96. The molecular formula is C17H16FN3S. The monoisotopic (exact) mass is 313 g/mol. The SMILES string of the molecule is Fc1cccc(CCNCc2ncc(-c3cccnc3)s2)c1. The van der Waals surface area contributed by atoms with Gasteiger partial charge in [-0.2, -0.15) is 0 Å². The highest BCUT2D eigenvalue weighted by Crippen LogP contribution is 2.24. The molecule has 5 heteroatoms. The van der Waals surface area contributed by atoms with E-state index >= 15 is 0 Å². The van der Waals surface area contributed by atoms with Gasteiger partial charge in [0.2, 0.25) is 0 Å². The topological polar surface area (TPSA) is 37.8 Å². The molecule has 0 amide bonds. The molecular weight excluding hydrogens is 297 g/mol. The lowest BCUT2D eigenvalue weighted by Gasteiger charge is -2.03. The molecule has 0 saturated heterocycles. The van der Waals surface area contributed by atoms with Crippen LogP contribution in [0.2, 0.25) is 0 Å². The van der Waals surface area contributed by atoms with Gasteiger partial charge in [-0.3, -0.25) is 4.98 Å². The van der Waals surface area contributed by atoms with Gasteiger partial charge in [0.25, 0.3) is 0 Å². The van der Waals surface area contributed by atoms with Gasteiger partial charge in [0.1, 0.15) is 10.8 Å². The van der Waals surface area contributed by atoms with E-state index < -0.39 is 0 Å². The first-order chi connectivity index (χ1) is 10.8. The van der Waals surface area contributed by atoms with Crippen LogP contribution in [0.15, 0.2) is 55.0 Å². The molecule has 22 heavy (non-hydrogen) atoms. The minimum Gasteiger partial charge on any atom is -0.310 e. The van der Waals surface area contributed by atoms with Gasteiger partial charge in [-0.15, -0.1) is 11.3 Å². The molecule has 1 aromatic carbocycles. The van der Waals surface area contributed by atoms with Gasteiger partial charge >= 0.3 is 0 Å². The van der Waals surface area contributed by atoms with Gasteiger partial charge < -0.3 is 5.32 Å². The van der Waals surface area contributed by atoms with Crippen LogP contribution in [0.25, 0.3) is 10.4 Å². The maximum absolute atomic E-state index is 13.1. The average molecular weight is 313 g/mol. The fourth-order valence-electron chi connectivity index (χ4n) is 2.15. The van der Waals surface area contributed by atoms with E-state index in [4.69, 9.17) is 0 Å². The van der Waals surface area contributed by atoms with Crippen molar-refractivity contribution >= 4 is 11.3 Å². The second kappa shape index (κ2) is 7.24. The summed E-state index contributed by atoms with van der Waals surface area (Å²) in [7, 11) is 0. The molecule has 1 N–H and O–H groups in total. The number of rotatable bonds is 6. The molecule has 2 heterocycles. The summed E-state index contributed by atoms with van der Waals surface area (Å²) in [6.07, 6.45) is 6.29. The Morgan fingerprint density at radius 1 is 1.14 bits per heavy atom. The molecule has 0 unspecified atom stereocenters. The lowest BCUT2D eigenvalue weighted by Crippen LogP contribution is -2.16. The van der Waals surface area contributed by atoms with Crippen LogP contribution in [0.4, 0.5) is 4.39 Å². The van der Waals surface area contributed by atoms with Crippen LogP contribution < -0.4 is 5.32 Å². The van der Waals surface area contributed by atoms with E-state index in [1.807, 2.05) is 30.6 Å². The van der Waals surface area contributed by atoms with Crippen LogP contribution in [0.5, 0.6) is 0 Å². The highest BCUT2D eigenvalue weighted by molar-refractivity contribution is 7.15. The van der Waals surface area contributed by atoms with E-state index in [0.717, 1.165) is 40.5 Å². The second-order valence-electron chi connectivity index (χ2n) is 4.92. The van der Waals surface area contributed by atoms with Crippen molar-refractivity contribution in [3.63, 3.8) is 0 Å². The van der Waals surface area contributed by atoms with E-state index in [0.29, 0.717) is 0 Å². The average Bonchev–Trinajstić information content (AvgIpc) is 3.01. The molecule has 0 spiro atoms. The van der Waals surface area contributed by atoms with Crippen molar-refractivity contribution in [3.8, 4) is 10.4 Å². The highest BCUT2D eigenvalue weighted by Gasteiger charge is 2.04. The van der Waals surface area contributed by atoms with Crippen molar-refractivity contribution in [2.45, 2.75) is 13.0 Å². The van der Waals surface area contributed by atoms with Gasteiger partial charge in [-0.25, -0.2) is 9.37 Å². The van der Waals surface area contributed by atoms with Crippen LogP contribution in [0.1, 0.15) is 10.6 Å². The Labute approximate surface area is 132 Å². The summed E-state index contributed by atoms with van der Waals surface area (Å²) in [6.45, 7) is 1.52. The zero-order valence-corrected chi connectivity index (χ0v) is 12.8. The van der Waals surface area contributed by atoms with Crippen molar-refractivity contribution in [3.05, 3.63) is 71.4 Å². The number of pyridine rings is 1. The Morgan fingerprint density at radius 2 is 2.09 bits per heavy atom. The van der Waals surface area contributed by atoms with Crippen molar-refractivity contribution in [1.82, 2.24) is 15.3 Å². The normalized spacial score (nSPS) is 10.8. The van der Waals surface area contributed by atoms with E-state index in [-0.39, 0.29) is 5.82 Å². The molecule has 0 aliphatic rings.